The topological polar surface area (TPSA) is 63.6 Å². The van der Waals surface area contributed by atoms with Gasteiger partial charge in [-0.3, -0.25) is 9.59 Å². The highest BCUT2D eigenvalue weighted by Gasteiger charge is 2.36. The van der Waals surface area contributed by atoms with E-state index in [9.17, 15) is 14.7 Å². The number of carbonyl (C=O) groups excluding carboxylic acids is 2. The average molecular weight is 252 g/mol. The fourth-order valence-corrected chi connectivity index (χ4v) is 2.86. The van der Waals surface area contributed by atoms with E-state index < -0.39 is 12.0 Å². The molecule has 0 saturated carbocycles. The monoisotopic (exact) mass is 252 g/mol. The maximum atomic E-state index is 11.9. The van der Waals surface area contributed by atoms with E-state index >= 15 is 0 Å². The van der Waals surface area contributed by atoms with E-state index in [1.807, 2.05) is 6.92 Å². The smallest absolute Gasteiger partial charge is 0.306 e. The zero-order valence-corrected chi connectivity index (χ0v) is 10.7. The lowest BCUT2D eigenvalue weighted by molar-refractivity contribution is -0.152. The van der Waals surface area contributed by atoms with Crippen molar-refractivity contribution < 1.29 is 19.4 Å². The Bertz CT molecular complexity index is 361. The first-order valence-electron chi connectivity index (χ1n) is 6.67. The number of esters is 1. The second-order valence-electron chi connectivity index (χ2n) is 5.31. The Morgan fingerprint density at radius 1 is 1.28 bits per heavy atom. The molecule has 1 aliphatic heterocycles. The predicted octanol–water partition coefficient (Wildman–Crippen LogP) is 1.61. The lowest BCUT2D eigenvalue weighted by atomic mass is 9.75. The van der Waals surface area contributed by atoms with Crippen molar-refractivity contribution in [3.63, 3.8) is 0 Å². The molecule has 1 heterocycles. The van der Waals surface area contributed by atoms with Crippen LogP contribution < -0.4 is 0 Å². The van der Waals surface area contributed by atoms with Crippen LogP contribution >= 0.6 is 0 Å². The molecule has 1 N–H and O–H groups in total. The minimum Gasteiger partial charge on any atom is -0.463 e. The van der Waals surface area contributed by atoms with E-state index in [1.165, 1.54) is 6.08 Å². The number of rotatable bonds is 0. The lowest BCUT2D eigenvalue weighted by Crippen LogP contribution is -2.37. The molecule has 0 bridgehead atoms. The number of aliphatic hydroxyl groups is 1. The van der Waals surface area contributed by atoms with Crippen molar-refractivity contribution in [2.45, 2.75) is 51.2 Å². The van der Waals surface area contributed by atoms with E-state index in [1.54, 1.807) is 6.08 Å². The number of cyclic esters (lactones) is 1. The molecule has 2 aliphatic rings. The SMILES string of the molecule is C[C@@H]1CCCC[C@@H]2[C@@H](O)C=CC(=O)[C@@H]2CC(=O)O1. The molecule has 0 radical (unpaired) electrons. The van der Waals surface area contributed by atoms with Gasteiger partial charge in [0.15, 0.2) is 5.78 Å². The van der Waals surface area contributed by atoms with E-state index in [-0.39, 0.29) is 30.2 Å². The highest BCUT2D eigenvalue weighted by molar-refractivity contribution is 5.95. The Morgan fingerprint density at radius 2 is 2.00 bits per heavy atom. The Morgan fingerprint density at radius 3 is 2.78 bits per heavy atom. The number of fused-ring (bicyclic) bond motifs is 1. The summed E-state index contributed by atoms with van der Waals surface area (Å²) in [6, 6.07) is 0. The van der Waals surface area contributed by atoms with E-state index in [0.29, 0.717) is 0 Å². The number of hydrogen-bond acceptors (Lipinski definition) is 4. The Labute approximate surface area is 107 Å². The summed E-state index contributed by atoms with van der Waals surface area (Å²) in [5.41, 5.74) is 0. The molecular weight excluding hydrogens is 232 g/mol. The van der Waals surface area contributed by atoms with Crippen molar-refractivity contribution in [3.05, 3.63) is 12.2 Å². The maximum Gasteiger partial charge on any atom is 0.306 e. The highest BCUT2D eigenvalue weighted by Crippen LogP contribution is 2.32. The molecule has 1 saturated heterocycles. The fourth-order valence-electron chi connectivity index (χ4n) is 2.86. The van der Waals surface area contributed by atoms with Crippen LogP contribution in [0.1, 0.15) is 39.0 Å². The number of aliphatic hydroxyl groups excluding tert-OH is 1. The minimum absolute atomic E-state index is 0.0597. The zero-order chi connectivity index (χ0) is 13.1. The molecule has 2 rings (SSSR count). The Kier molecular flexibility index (Phi) is 4.17. The van der Waals surface area contributed by atoms with Gasteiger partial charge in [-0.05, 0) is 38.2 Å². The molecule has 1 aliphatic carbocycles. The van der Waals surface area contributed by atoms with Crippen molar-refractivity contribution >= 4 is 11.8 Å². The van der Waals surface area contributed by atoms with Gasteiger partial charge >= 0.3 is 5.97 Å². The second-order valence-corrected chi connectivity index (χ2v) is 5.31. The highest BCUT2D eigenvalue weighted by atomic mass is 16.5. The molecule has 100 valence electrons. The molecule has 0 amide bonds. The minimum atomic E-state index is -0.614. The molecule has 0 unspecified atom stereocenters. The first-order valence-corrected chi connectivity index (χ1v) is 6.67. The molecule has 0 aromatic heterocycles. The van der Waals surface area contributed by atoms with Gasteiger partial charge in [0.25, 0.3) is 0 Å². The fraction of sp³-hybridized carbons (Fsp3) is 0.714. The van der Waals surface area contributed by atoms with Gasteiger partial charge in [-0.15, -0.1) is 0 Å². The van der Waals surface area contributed by atoms with Crippen molar-refractivity contribution in [2.75, 3.05) is 0 Å². The number of carbonyl (C=O) groups is 2. The molecule has 0 aromatic carbocycles. The van der Waals surface area contributed by atoms with E-state index in [4.69, 9.17) is 4.74 Å². The molecule has 4 nitrogen and oxygen atoms in total. The van der Waals surface area contributed by atoms with Crippen LogP contribution in [0.5, 0.6) is 0 Å². The molecule has 4 atom stereocenters. The third kappa shape index (κ3) is 2.99. The first-order chi connectivity index (χ1) is 8.58. The number of ketones is 1. The van der Waals surface area contributed by atoms with E-state index in [2.05, 4.69) is 0 Å². The lowest BCUT2D eigenvalue weighted by Gasteiger charge is -2.32. The first kappa shape index (κ1) is 13.3. The van der Waals surface area contributed by atoms with Gasteiger partial charge in [0.05, 0.1) is 18.6 Å². The number of allylic oxidation sites excluding steroid dienone is 1. The summed E-state index contributed by atoms with van der Waals surface area (Å²) in [5.74, 6) is -0.933. The molecule has 0 spiro atoms. The third-order valence-electron chi connectivity index (χ3n) is 3.90. The molecule has 1 fully saturated rings. The summed E-state index contributed by atoms with van der Waals surface area (Å²) in [6.45, 7) is 1.88. The van der Waals surface area contributed by atoms with Crippen LogP contribution in [-0.2, 0) is 14.3 Å². The maximum absolute atomic E-state index is 11.9. The van der Waals surface area contributed by atoms with Gasteiger partial charge in [-0.25, -0.2) is 0 Å². The summed E-state index contributed by atoms with van der Waals surface area (Å²) < 4.78 is 5.26. The standard InChI is InChI=1S/C14H20O4/c1-9-4-2-3-5-10-11(8-14(17)18-9)13(16)7-6-12(10)15/h6-7,9-12,15H,2-5,8H2,1H3/t9-,10+,11-,12+/m1/s1. The Balaban J connectivity index is 2.15. The van der Waals surface area contributed by atoms with Gasteiger partial charge < -0.3 is 9.84 Å². The van der Waals surface area contributed by atoms with Crippen LogP contribution in [0.15, 0.2) is 12.2 Å². The molecule has 4 heteroatoms. The van der Waals surface area contributed by atoms with Crippen molar-refractivity contribution in [1.29, 1.82) is 0 Å². The van der Waals surface area contributed by atoms with Gasteiger partial charge in [-0.1, -0.05) is 12.5 Å². The van der Waals surface area contributed by atoms with Crippen LogP contribution in [0.4, 0.5) is 0 Å². The largest absolute Gasteiger partial charge is 0.463 e. The van der Waals surface area contributed by atoms with Gasteiger partial charge in [0.2, 0.25) is 0 Å². The summed E-state index contributed by atoms with van der Waals surface area (Å²) in [7, 11) is 0. The molecular formula is C14H20O4. The van der Waals surface area contributed by atoms with Gasteiger partial charge in [-0.2, -0.15) is 0 Å². The number of hydrogen-bond donors (Lipinski definition) is 1. The normalized spacial score (nSPS) is 37.9. The van der Waals surface area contributed by atoms with Crippen LogP contribution in [0.2, 0.25) is 0 Å². The van der Waals surface area contributed by atoms with Crippen LogP contribution in [0, 0.1) is 11.8 Å². The van der Waals surface area contributed by atoms with Crippen LogP contribution in [0.3, 0.4) is 0 Å². The van der Waals surface area contributed by atoms with Crippen molar-refractivity contribution in [1.82, 2.24) is 0 Å². The molecule has 18 heavy (non-hydrogen) atoms. The van der Waals surface area contributed by atoms with E-state index in [0.717, 1.165) is 25.7 Å². The summed E-state index contributed by atoms with van der Waals surface area (Å²) in [6.07, 6.45) is 5.91. The van der Waals surface area contributed by atoms with Crippen LogP contribution in [-0.4, -0.2) is 29.1 Å². The second kappa shape index (κ2) is 5.65. The summed E-state index contributed by atoms with van der Waals surface area (Å²) in [4.78, 5) is 23.6. The third-order valence-corrected chi connectivity index (χ3v) is 3.90. The zero-order valence-electron chi connectivity index (χ0n) is 10.7. The summed E-state index contributed by atoms with van der Waals surface area (Å²) in [5, 5.41) is 9.95. The van der Waals surface area contributed by atoms with Crippen LogP contribution in [0.25, 0.3) is 0 Å². The Hall–Kier alpha value is -1.16. The quantitative estimate of drug-likeness (QED) is 0.665. The molecule has 0 aromatic rings. The summed E-state index contributed by atoms with van der Waals surface area (Å²) >= 11 is 0. The average Bonchev–Trinajstić information content (AvgIpc) is 2.31. The van der Waals surface area contributed by atoms with Crippen molar-refractivity contribution in [3.8, 4) is 0 Å². The predicted molar refractivity (Wildman–Crippen MR) is 65.8 cm³/mol. The van der Waals surface area contributed by atoms with Gasteiger partial charge in [0, 0.05) is 5.92 Å². The van der Waals surface area contributed by atoms with Crippen molar-refractivity contribution in [2.24, 2.45) is 11.8 Å². The number of ether oxygens (including phenoxy) is 1. The van der Waals surface area contributed by atoms with Gasteiger partial charge in [0.1, 0.15) is 0 Å².